The van der Waals surface area contributed by atoms with Gasteiger partial charge < -0.3 is 9.64 Å². The van der Waals surface area contributed by atoms with Gasteiger partial charge in [-0.3, -0.25) is 9.78 Å². The Labute approximate surface area is 144 Å². The quantitative estimate of drug-likeness (QED) is 0.544. The Morgan fingerprint density at radius 2 is 1.80 bits per heavy atom. The molecule has 0 spiro atoms. The van der Waals surface area contributed by atoms with Crippen LogP contribution in [-0.2, 0) is 4.79 Å². The number of fused-ring (bicyclic) bond motifs is 1. The first-order chi connectivity index (χ1) is 12.2. The fourth-order valence-electron chi connectivity index (χ4n) is 2.83. The minimum absolute atomic E-state index is 0.121. The molecule has 0 aliphatic carbocycles. The third kappa shape index (κ3) is 3.06. The Morgan fingerprint density at radius 1 is 1.04 bits per heavy atom. The van der Waals surface area contributed by atoms with E-state index in [9.17, 15) is 9.59 Å². The second-order valence-electron chi connectivity index (χ2n) is 5.78. The molecular formula is C19H15N3O3. The predicted molar refractivity (Wildman–Crippen MR) is 92.5 cm³/mol. The maximum absolute atomic E-state index is 12.3. The summed E-state index contributed by atoms with van der Waals surface area (Å²) in [6.07, 6.45) is 2.86. The minimum atomic E-state index is -0.566. The van der Waals surface area contributed by atoms with Gasteiger partial charge in [0.1, 0.15) is 5.75 Å². The molecular weight excluding hydrogens is 318 g/mol. The van der Waals surface area contributed by atoms with Crippen LogP contribution in [0.5, 0.6) is 5.75 Å². The SMILES string of the molecule is O=C(Oc1ccc(N2CCCC2=O)cc1)c1cnc2ccccc2n1. The first-order valence-corrected chi connectivity index (χ1v) is 8.05. The van der Waals surface area contributed by atoms with Crippen LogP contribution < -0.4 is 9.64 Å². The molecule has 0 atom stereocenters. The molecule has 0 bridgehead atoms. The van der Waals surface area contributed by atoms with Crippen LogP contribution in [0.2, 0.25) is 0 Å². The molecule has 0 unspecified atom stereocenters. The summed E-state index contributed by atoms with van der Waals surface area (Å²) in [5.41, 5.74) is 2.32. The highest BCUT2D eigenvalue weighted by molar-refractivity contribution is 5.95. The smallest absolute Gasteiger partial charge is 0.363 e. The lowest BCUT2D eigenvalue weighted by atomic mass is 10.2. The van der Waals surface area contributed by atoms with Crippen molar-refractivity contribution in [3.05, 3.63) is 60.4 Å². The Kier molecular flexibility index (Phi) is 3.85. The normalized spacial score (nSPS) is 14.1. The Morgan fingerprint density at radius 3 is 2.52 bits per heavy atom. The van der Waals surface area contributed by atoms with E-state index < -0.39 is 5.97 Å². The lowest BCUT2D eigenvalue weighted by molar-refractivity contribution is -0.117. The van der Waals surface area contributed by atoms with Crippen molar-refractivity contribution in [3.8, 4) is 5.75 Å². The lowest BCUT2D eigenvalue weighted by Crippen LogP contribution is -2.23. The molecule has 1 aliphatic heterocycles. The zero-order valence-corrected chi connectivity index (χ0v) is 13.4. The monoisotopic (exact) mass is 333 g/mol. The number of aromatic nitrogens is 2. The highest BCUT2D eigenvalue weighted by Gasteiger charge is 2.21. The highest BCUT2D eigenvalue weighted by Crippen LogP contribution is 2.24. The minimum Gasteiger partial charge on any atom is -0.422 e. The van der Waals surface area contributed by atoms with Crippen molar-refractivity contribution in [2.75, 3.05) is 11.4 Å². The molecule has 1 amide bonds. The number of esters is 1. The average molecular weight is 333 g/mol. The predicted octanol–water partition coefficient (Wildman–Crippen LogP) is 2.98. The molecule has 1 saturated heterocycles. The van der Waals surface area contributed by atoms with E-state index in [4.69, 9.17) is 4.74 Å². The van der Waals surface area contributed by atoms with Crippen molar-refractivity contribution in [1.29, 1.82) is 0 Å². The summed E-state index contributed by atoms with van der Waals surface area (Å²) in [7, 11) is 0. The van der Waals surface area contributed by atoms with Gasteiger partial charge in [0.25, 0.3) is 0 Å². The van der Waals surface area contributed by atoms with E-state index in [-0.39, 0.29) is 11.6 Å². The zero-order valence-electron chi connectivity index (χ0n) is 13.4. The zero-order chi connectivity index (χ0) is 17.2. The van der Waals surface area contributed by atoms with E-state index in [1.54, 1.807) is 35.2 Å². The number of carbonyl (C=O) groups excluding carboxylic acids is 2. The van der Waals surface area contributed by atoms with Gasteiger partial charge in [0, 0.05) is 18.7 Å². The maximum atomic E-state index is 12.3. The standard InChI is InChI=1S/C19H15N3O3/c23-18-6-3-11-22(18)13-7-9-14(10-8-13)25-19(24)17-12-20-15-4-1-2-5-16(15)21-17/h1-2,4-5,7-10,12H,3,6,11H2. The molecule has 4 rings (SSSR count). The maximum Gasteiger partial charge on any atom is 0.363 e. The van der Waals surface area contributed by atoms with Crippen LogP contribution >= 0.6 is 0 Å². The Hall–Kier alpha value is -3.28. The Bertz CT molecular complexity index is 954. The summed E-state index contributed by atoms with van der Waals surface area (Å²) in [6, 6.07) is 14.2. The number of nitrogens with zero attached hydrogens (tertiary/aromatic N) is 3. The number of amides is 1. The molecule has 0 saturated carbocycles. The second-order valence-corrected chi connectivity index (χ2v) is 5.78. The molecule has 1 aromatic heterocycles. The Balaban J connectivity index is 1.50. The number of hydrogen-bond donors (Lipinski definition) is 0. The van der Waals surface area contributed by atoms with Gasteiger partial charge in [-0.1, -0.05) is 12.1 Å². The van der Waals surface area contributed by atoms with Crippen molar-refractivity contribution in [3.63, 3.8) is 0 Å². The first kappa shape index (κ1) is 15.3. The van der Waals surface area contributed by atoms with E-state index >= 15 is 0 Å². The summed E-state index contributed by atoms with van der Waals surface area (Å²) in [6.45, 7) is 0.727. The molecule has 6 heteroatoms. The third-order valence-electron chi connectivity index (χ3n) is 4.09. The summed E-state index contributed by atoms with van der Waals surface area (Å²) in [5.74, 6) is -0.0465. The molecule has 0 radical (unpaired) electrons. The van der Waals surface area contributed by atoms with Crippen LogP contribution in [0.3, 0.4) is 0 Å². The van der Waals surface area contributed by atoms with Crippen LogP contribution in [0.1, 0.15) is 23.3 Å². The van der Waals surface area contributed by atoms with Gasteiger partial charge in [-0.05, 0) is 42.8 Å². The molecule has 0 N–H and O–H groups in total. The van der Waals surface area contributed by atoms with Crippen LogP contribution in [0.25, 0.3) is 11.0 Å². The highest BCUT2D eigenvalue weighted by atomic mass is 16.5. The van der Waals surface area contributed by atoms with Crippen LogP contribution in [-0.4, -0.2) is 28.4 Å². The van der Waals surface area contributed by atoms with E-state index in [1.807, 2.05) is 18.2 Å². The number of hydrogen-bond acceptors (Lipinski definition) is 5. The topological polar surface area (TPSA) is 72.4 Å². The number of benzene rings is 2. The van der Waals surface area contributed by atoms with Crippen molar-refractivity contribution in [2.24, 2.45) is 0 Å². The largest absolute Gasteiger partial charge is 0.422 e. The summed E-state index contributed by atoms with van der Waals surface area (Å²) in [4.78, 5) is 34.2. The summed E-state index contributed by atoms with van der Waals surface area (Å²) < 4.78 is 5.35. The molecule has 124 valence electrons. The number of rotatable bonds is 3. The molecule has 2 heterocycles. The molecule has 3 aromatic rings. The van der Waals surface area contributed by atoms with Crippen molar-refractivity contribution >= 4 is 28.6 Å². The first-order valence-electron chi connectivity index (χ1n) is 8.05. The molecule has 2 aromatic carbocycles. The fourth-order valence-corrected chi connectivity index (χ4v) is 2.83. The van der Waals surface area contributed by atoms with Gasteiger partial charge in [-0.2, -0.15) is 0 Å². The number of anilines is 1. The summed E-state index contributed by atoms with van der Waals surface area (Å²) in [5, 5.41) is 0. The second kappa shape index (κ2) is 6.32. The van der Waals surface area contributed by atoms with E-state index in [2.05, 4.69) is 9.97 Å². The van der Waals surface area contributed by atoms with Gasteiger partial charge in [-0.25, -0.2) is 9.78 Å². The van der Waals surface area contributed by atoms with E-state index in [1.165, 1.54) is 6.20 Å². The molecule has 25 heavy (non-hydrogen) atoms. The van der Waals surface area contributed by atoms with Gasteiger partial charge in [0.2, 0.25) is 5.91 Å². The average Bonchev–Trinajstić information content (AvgIpc) is 3.08. The molecule has 1 fully saturated rings. The molecule has 6 nitrogen and oxygen atoms in total. The van der Waals surface area contributed by atoms with Crippen LogP contribution in [0.15, 0.2) is 54.7 Å². The third-order valence-corrected chi connectivity index (χ3v) is 4.09. The van der Waals surface area contributed by atoms with Crippen molar-refractivity contribution < 1.29 is 14.3 Å². The van der Waals surface area contributed by atoms with E-state index in [0.717, 1.165) is 24.2 Å². The number of carbonyl (C=O) groups is 2. The van der Waals surface area contributed by atoms with Crippen molar-refractivity contribution in [2.45, 2.75) is 12.8 Å². The van der Waals surface area contributed by atoms with Gasteiger partial charge in [0.05, 0.1) is 17.2 Å². The van der Waals surface area contributed by atoms with Crippen LogP contribution in [0.4, 0.5) is 5.69 Å². The van der Waals surface area contributed by atoms with Crippen molar-refractivity contribution in [1.82, 2.24) is 9.97 Å². The molecule has 1 aliphatic rings. The lowest BCUT2D eigenvalue weighted by Gasteiger charge is -2.15. The van der Waals surface area contributed by atoms with Gasteiger partial charge in [0.15, 0.2) is 5.69 Å². The van der Waals surface area contributed by atoms with Gasteiger partial charge in [-0.15, -0.1) is 0 Å². The van der Waals surface area contributed by atoms with Gasteiger partial charge >= 0.3 is 5.97 Å². The number of ether oxygens (including phenoxy) is 1. The summed E-state index contributed by atoms with van der Waals surface area (Å²) >= 11 is 0. The number of para-hydroxylation sites is 2. The fraction of sp³-hybridized carbons (Fsp3) is 0.158. The van der Waals surface area contributed by atoms with E-state index in [0.29, 0.717) is 17.7 Å². The van der Waals surface area contributed by atoms with Crippen LogP contribution in [0, 0.1) is 0 Å².